The van der Waals surface area contributed by atoms with Gasteiger partial charge in [-0.05, 0) is 35.9 Å². The molecule has 0 radical (unpaired) electrons. The number of Topliss-reactive ketones (excluding diaryl/α,β-unsaturated/α-hetero) is 1. The van der Waals surface area contributed by atoms with E-state index in [1.54, 1.807) is 0 Å². The number of benzene rings is 2. The third-order valence-corrected chi connectivity index (χ3v) is 3.51. The first kappa shape index (κ1) is 15.6. The van der Waals surface area contributed by atoms with Gasteiger partial charge in [-0.3, -0.25) is 4.79 Å². The van der Waals surface area contributed by atoms with E-state index in [1.807, 2.05) is 0 Å². The Bertz CT molecular complexity index is 659. The van der Waals surface area contributed by atoms with Crippen molar-refractivity contribution in [3.63, 3.8) is 0 Å². The highest BCUT2D eigenvalue weighted by molar-refractivity contribution is 9.10. The molecule has 0 aliphatic heterocycles. The van der Waals surface area contributed by atoms with Gasteiger partial charge in [-0.25, -0.2) is 4.39 Å². The molecule has 0 heterocycles. The Morgan fingerprint density at radius 3 is 2.67 bits per heavy atom. The van der Waals surface area contributed by atoms with Crippen molar-refractivity contribution in [1.82, 2.24) is 0 Å². The Morgan fingerprint density at radius 2 is 1.95 bits per heavy atom. The Kier molecular flexibility index (Phi) is 5.01. The maximum Gasteiger partial charge on any atom is 0.387 e. The molecule has 0 aromatic heterocycles. The summed E-state index contributed by atoms with van der Waals surface area (Å²) in [4.78, 5) is 12.1. The number of halogens is 4. The minimum atomic E-state index is -2.95. The van der Waals surface area contributed by atoms with E-state index in [0.29, 0.717) is 10.0 Å². The molecule has 110 valence electrons. The Hall–Kier alpha value is -1.82. The quantitative estimate of drug-likeness (QED) is 0.729. The van der Waals surface area contributed by atoms with Crippen LogP contribution in [0.5, 0.6) is 5.75 Å². The minimum Gasteiger partial charge on any atom is -0.435 e. The van der Waals surface area contributed by atoms with Crippen LogP contribution in [0.2, 0.25) is 0 Å². The van der Waals surface area contributed by atoms with E-state index >= 15 is 0 Å². The summed E-state index contributed by atoms with van der Waals surface area (Å²) in [7, 11) is 0. The number of hydrogen-bond donors (Lipinski definition) is 0. The van der Waals surface area contributed by atoms with Gasteiger partial charge in [-0.15, -0.1) is 0 Å². The molecule has 0 saturated carbocycles. The van der Waals surface area contributed by atoms with Crippen LogP contribution in [0.1, 0.15) is 15.9 Å². The normalized spacial score (nSPS) is 10.7. The molecule has 0 aliphatic carbocycles. The highest BCUT2D eigenvalue weighted by atomic mass is 79.9. The van der Waals surface area contributed by atoms with Crippen LogP contribution in [-0.4, -0.2) is 12.4 Å². The second-order valence-corrected chi connectivity index (χ2v) is 5.10. The summed E-state index contributed by atoms with van der Waals surface area (Å²) in [5, 5.41) is 0. The highest BCUT2D eigenvalue weighted by Crippen LogP contribution is 2.21. The largest absolute Gasteiger partial charge is 0.435 e. The van der Waals surface area contributed by atoms with Crippen LogP contribution in [0.15, 0.2) is 46.9 Å². The van der Waals surface area contributed by atoms with Gasteiger partial charge in [0.05, 0.1) is 0 Å². The van der Waals surface area contributed by atoms with Crippen molar-refractivity contribution in [2.75, 3.05) is 0 Å². The molecule has 0 atom stereocenters. The molecule has 0 fully saturated rings. The molecule has 0 unspecified atom stereocenters. The van der Waals surface area contributed by atoms with Crippen LogP contribution < -0.4 is 4.74 Å². The molecule has 0 saturated heterocycles. The number of carbonyl (C=O) groups excluding carboxylic acids is 1. The maximum absolute atomic E-state index is 13.2. The lowest BCUT2D eigenvalue weighted by atomic mass is 10.0. The fraction of sp³-hybridized carbons (Fsp3) is 0.133. The first-order chi connectivity index (χ1) is 9.95. The number of hydrogen-bond acceptors (Lipinski definition) is 2. The van der Waals surface area contributed by atoms with Crippen molar-refractivity contribution in [2.45, 2.75) is 13.0 Å². The number of rotatable bonds is 5. The summed E-state index contributed by atoms with van der Waals surface area (Å²) in [6.07, 6.45) is -0.0452. The van der Waals surface area contributed by atoms with Crippen molar-refractivity contribution >= 4 is 21.7 Å². The SMILES string of the molecule is O=C(Cc1cc(F)ccc1Br)c1cccc(OC(F)F)c1. The minimum absolute atomic E-state index is 0.0452. The zero-order chi connectivity index (χ0) is 15.4. The van der Waals surface area contributed by atoms with E-state index in [0.717, 1.165) is 0 Å². The summed E-state index contributed by atoms with van der Waals surface area (Å²) in [5.74, 6) is -0.856. The van der Waals surface area contributed by atoms with Gasteiger partial charge < -0.3 is 4.74 Å². The molecule has 6 heteroatoms. The molecule has 2 nitrogen and oxygen atoms in total. The smallest absolute Gasteiger partial charge is 0.387 e. The highest BCUT2D eigenvalue weighted by Gasteiger charge is 2.12. The predicted octanol–water partition coefficient (Wildman–Crippen LogP) is 4.62. The summed E-state index contributed by atoms with van der Waals surface area (Å²) in [6.45, 7) is -2.95. The van der Waals surface area contributed by atoms with Crippen LogP contribution in [-0.2, 0) is 6.42 Å². The van der Waals surface area contributed by atoms with Crippen LogP contribution in [0.4, 0.5) is 13.2 Å². The van der Waals surface area contributed by atoms with Crippen LogP contribution in [0.3, 0.4) is 0 Å². The average Bonchev–Trinajstić information content (AvgIpc) is 2.42. The van der Waals surface area contributed by atoms with E-state index in [9.17, 15) is 18.0 Å². The number of ketones is 1. The third-order valence-electron chi connectivity index (χ3n) is 2.74. The summed E-state index contributed by atoms with van der Waals surface area (Å²) in [6, 6.07) is 9.55. The van der Waals surface area contributed by atoms with E-state index in [1.165, 1.54) is 42.5 Å². The second-order valence-electron chi connectivity index (χ2n) is 4.24. The van der Waals surface area contributed by atoms with Gasteiger partial charge in [-0.2, -0.15) is 8.78 Å². The lowest BCUT2D eigenvalue weighted by Crippen LogP contribution is -2.06. The van der Waals surface area contributed by atoms with Gasteiger partial charge in [-0.1, -0.05) is 28.1 Å². The molecule has 21 heavy (non-hydrogen) atoms. The standard InChI is InChI=1S/C15H10BrF3O2/c16-13-5-4-11(17)6-10(13)8-14(20)9-2-1-3-12(7-9)21-15(18)19/h1-7,15H,8H2. The van der Waals surface area contributed by atoms with Crippen molar-refractivity contribution in [1.29, 1.82) is 0 Å². The molecular formula is C15H10BrF3O2. The summed E-state index contributed by atoms with van der Waals surface area (Å²) < 4.78 is 42.3. The van der Waals surface area contributed by atoms with Crippen LogP contribution >= 0.6 is 15.9 Å². The molecule has 0 N–H and O–H groups in total. The molecular weight excluding hydrogens is 349 g/mol. The third kappa shape index (κ3) is 4.32. The van der Waals surface area contributed by atoms with Crippen LogP contribution in [0.25, 0.3) is 0 Å². The van der Waals surface area contributed by atoms with E-state index in [4.69, 9.17) is 0 Å². The number of alkyl halides is 2. The molecule has 2 rings (SSSR count). The molecule has 0 spiro atoms. The van der Waals surface area contributed by atoms with Crippen LogP contribution in [0, 0.1) is 5.82 Å². The fourth-order valence-corrected chi connectivity index (χ4v) is 2.19. The van der Waals surface area contributed by atoms with Gasteiger partial charge in [0.1, 0.15) is 11.6 Å². The summed E-state index contributed by atoms with van der Waals surface area (Å²) >= 11 is 3.24. The zero-order valence-electron chi connectivity index (χ0n) is 10.7. The second kappa shape index (κ2) is 6.76. The van der Waals surface area contributed by atoms with Gasteiger partial charge >= 0.3 is 6.61 Å². The molecule has 0 amide bonds. The average molecular weight is 359 g/mol. The molecule has 2 aromatic rings. The van der Waals surface area contributed by atoms with Gasteiger partial charge in [0, 0.05) is 16.5 Å². The first-order valence-electron chi connectivity index (χ1n) is 5.97. The number of carbonyl (C=O) groups is 1. The fourth-order valence-electron chi connectivity index (χ4n) is 1.80. The first-order valence-corrected chi connectivity index (χ1v) is 6.77. The van der Waals surface area contributed by atoms with Crippen molar-refractivity contribution < 1.29 is 22.7 Å². The van der Waals surface area contributed by atoms with Gasteiger partial charge in [0.2, 0.25) is 0 Å². The van der Waals surface area contributed by atoms with E-state index in [2.05, 4.69) is 20.7 Å². The zero-order valence-corrected chi connectivity index (χ0v) is 12.2. The topological polar surface area (TPSA) is 26.3 Å². The monoisotopic (exact) mass is 358 g/mol. The van der Waals surface area contributed by atoms with E-state index < -0.39 is 12.4 Å². The van der Waals surface area contributed by atoms with Gasteiger partial charge in [0.25, 0.3) is 0 Å². The predicted molar refractivity (Wildman–Crippen MR) is 75.2 cm³/mol. The molecule has 0 aliphatic rings. The van der Waals surface area contributed by atoms with Crippen molar-refractivity contribution in [3.05, 3.63) is 63.9 Å². The molecule has 2 aromatic carbocycles. The Morgan fingerprint density at radius 1 is 1.19 bits per heavy atom. The Balaban J connectivity index is 2.18. The Labute approximate surface area is 127 Å². The summed E-state index contributed by atoms with van der Waals surface area (Å²) in [5.41, 5.74) is 0.712. The van der Waals surface area contributed by atoms with Crippen molar-refractivity contribution in [2.24, 2.45) is 0 Å². The van der Waals surface area contributed by atoms with Gasteiger partial charge in [0.15, 0.2) is 5.78 Å². The van der Waals surface area contributed by atoms with E-state index in [-0.39, 0.29) is 23.5 Å². The lowest BCUT2D eigenvalue weighted by Gasteiger charge is -2.07. The lowest BCUT2D eigenvalue weighted by molar-refractivity contribution is -0.0498. The maximum atomic E-state index is 13.2. The van der Waals surface area contributed by atoms with Crippen molar-refractivity contribution in [3.8, 4) is 5.75 Å². The molecule has 0 bridgehead atoms. The number of ether oxygens (including phenoxy) is 1.